The summed E-state index contributed by atoms with van der Waals surface area (Å²) in [6, 6.07) is 5.75. The van der Waals surface area contributed by atoms with E-state index in [1.54, 1.807) is 0 Å². The molecule has 14 heavy (non-hydrogen) atoms. The molecule has 0 aliphatic rings. The van der Waals surface area contributed by atoms with Crippen molar-refractivity contribution in [2.24, 2.45) is 5.73 Å². The summed E-state index contributed by atoms with van der Waals surface area (Å²) >= 11 is 0. The molecule has 0 saturated heterocycles. The molecule has 0 amide bonds. The van der Waals surface area contributed by atoms with Crippen molar-refractivity contribution in [1.29, 1.82) is 0 Å². The number of benzene rings is 1. The maximum absolute atomic E-state index is 8.98. The van der Waals surface area contributed by atoms with Crippen LogP contribution in [0.3, 0.4) is 0 Å². The van der Waals surface area contributed by atoms with Crippen LogP contribution >= 0.6 is 0 Å². The highest BCUT2D eigenvalue weighted by Crippen LogP contribution is 2.16. The molecule has 0 heterocycles. The maximum atomic E-state index is 8.98. The third-order valence-electron chi connectivity index (χ3n) is 1.91. The van der Waals surface area contributed by atoms with Gasteiger partial charge in [0.05, 0.1) is 13.2 Å². The quantitative estimate of drug-likeness (QED) is 0.694. The van der Waals surface area contributed by atoms with Gasteiger partial charge in [0.2, 0.25) is 0 Å². The van der Waals surface area contributed by atoms with E-state index < -0.39 is 0 Å². The molecule has 0 saturated carbocycles. The van der Waals surface area contributed by atoms with Crippen molar-refractivity contribution in [2.45, 2.75) is 20.0 Å². The van der Waals surface area contributed by atoms with E-state index in [0.717, 1.165) is 23.3 Å². The first-order valence-corrected chi connectivity index (χ1v) is 4.80. The minimum absolute atomic E-state index is 0.0505. The molecule has 1 aromatic rings. The molecule has 1 aromatic carbocycles. The fourth-order valence-electron chi connectivity index (χ4n) is 1.27. The van der Waals surface area contributed by atoms with Gasteiger partial charge in [-0.1, -0.05) is 6.07 Å². The number of aliphatic hydroxyl groups is 1. The van der Waals surface area contributed by atoms with Gasteiger partial charge < -0.3 is 15.6 Å². The first kappa shape index (κ1) is 11.0. The lowest BCUT2D eigenvalue weighted by atomic mass is 10.1. The summed E-state index contributed by atoms with van der Waals surface area (Å²) in [5.74, 6) is 0.808. The average molecular weight is 195 g/mol. The van der Waals surface area contributed by atoms with Crippen molar-refractivity contribution < 1.29 is 9.84 Å². The van der Waals surface area contributed by atoms with Gasteiger partial charge >= 0.3 is 0 Å². The van der Waals surface area contributed by atoms with Crippen LogP contribution in [0.2, 0.25) is 0 Å². The molecule has 1 rings (SSSR count). The third kappa shape index (κ3) is 3.36. The Morgan fingerprint density at radius 1 is 1.36 bits per heavy atom. The van der Waals surface area contributed by atoms with Gasteiger partial charge in [0.15, 0.2) is 0 Å². The Bertz CT molecular complexity index is 287. The van der Waals surface area contributed by atoms with E-state index in [-0.39, 0.29) is 6.61 Å². The molecule has 0 atom stereocenters. The second-order valence-electron chi connectivity index (χ2n) is 3.30. The highest BCUT2D eigenvalue weighted by molar-refractivity contribution is 5.33. The normalized spacial score (nSPS) is 10.2. The largest absolute Gasteiger partial charge is 0.494 e. The predicted molar refractivity (Wildman–Crippen MR) is 56.3 cm³/mol. The fraction of sp³-hybridized carbons (Fsp3) is 0.455. The molecule has 0 bridgehead atoms. The van der Waals surface area contributed by atoms with Gasteiger partial charge in [-0.2, -0.15) is 0 Å². The van der Waals surface area contributed by atoms with Crippen LogP contribution in [-0.2, 0) is 6.61 Å². The Labute approximate surface area is 84.5 Å². The summed E-state index contributed by atoms with van der Waals surface area (Å²) in [6.45, 7) is 3.30. The first-order chi connectivity index (χ1) is 6.76. The van der Waals surface area contributed by atoms with E-state index in [2.05, 4.69) is 0 Å². The van der Waals surface area contributed by atoms with Crippen molar-refractivity contribution in [3.63, 3.8) is 0 Å². The zero-order chi connectivity index (χ0) is 10.4. The predicted octanol–water partition coefficient (Wildman–Crippen LogP) is 1.21. The van der Waals surface area contributed by atoms with Gasteiger partial charge in [-0.15, -0.1) is 0 Å². The van der Waals surface area contributed by atoms with Crippen molar-refractivity contribution in [3.05, 3.63) is 29.3 Å². The van der Waals surface area contributed by atoms with E-state index in [1.807, 2.05) is 25.1 Å². The summed E-state index contributed by atoms with van der Waals surface area (Å²) in [6.07, 6.45) is 0.850. The minimum Gasteiger partial charge on any atom is -0.494 e. The molecule has 0 radical (unpaired) electrons. The van der Waals surface area contributed by atoms with E-state index in [1.165, 1.54) is 0 Å². The molecule has 0 aliphatic heterocycles. The number of nitrogens with two attached hydrogens (primary N) is 1. The first-order valence-electron chi connectivity index (χ1n) is 4.80. The number of hydrogen-bond acceptors (Lipinski definition) is 3. The van der Waals surface area contributed by atoms with Crippen molar-refractivity contribution in [2.75, 3.05) is 13.2 Å². The van der Waals surface area contributed by atoms with Crippen molar-refractivity contribution in [3.8, 4) is 5.75 Å². The van der Waals surface area contributed by atoms with Crippen molar-refractivity contribution >= 4 is 0 Å². The zero-order valence-corrected chi connectivity index (χ0v) is 8.49. The van der Waals surface area contributed by atoms with Gasteiger partial charge in [-0.3, -0.25) is 0 Å². The number of ether oxygens (including phenoxy) is 1. The van der Waals surface area contributed by atoms with Crippen molar-refractivity contribution in [1.82, 2.24) is 0 Å². The number of aryl methyl sites for hydroxylation is 1. The second kappa shape index (κ2) is 5.62. The summed E-state index contributed by atoms with van der Waals surface area (Å²) in [4.78, 5) is 0. The lowest BCUT2D eigenvalue weighted by Gasteiger charge is -2.07. The minimum atomic E-state index is 0.0505. The van der Waals surface area contributed by atoms with Crippen LogP contribution in [0, 0.1) is 6.92 Å². The molecule has 3 N–H and O–H groups in total. The van der Waals surface area contributed by atoms with Gasteiger partial charge in [0.25, 0.3) is 0 Å². The third-order valence-corrected chi connectivity index (χ3v) is 1.91. The molecule has 0 aliphatic carbocycles. The highest BCUT2D eigenvalue weighted by Gasteiger charge is 1.98. The van der Waals surface area contributed by atoms with E-state index in [4.69, 9.17) is 15.6 Å². The number of aliphatic hydroxyl groups excluding tert-OH is 1. The fourth-order valence-corrected chi connectivity index (χ4v) is 1.27. The Morgan fingerprint density at radius 3 is 2.79 bits per heavy atom. The van der Waals surface area contributed by atoms with Crippen LogP contribution in [0.1, 0.15) is 17.5 Å². The Kier molecular flexibility index (Phi) is 4.43. The maximum Gasteiger partial charge on any atom is 0.119 e. The number of rotatable bonds is 5. The van der Waals surface area contributed by atoms with Gasteiger partial charge in [-0.25, -0.2) is 0 Å². The summed E-state index contributed by atoms with van der Waals surface area (Å²) in [7, 11) is 0. The van der Waals surface area contributed by atoms with Crippen LogP contribution in [0.15, 0.2) is 18.2 Å². The van der Waals surface area contributed by atoms with Crippen LogP contribution in [0.25, 0.3) is 0 Å². The standard InChI is InChI=1S/C11H17NO2/c1-9-5-10(8-13)7-11(6-9)14-4-2-3-12/h5-7,13H,2-4,8,12H2,1H3. The Hall–Kier alpha value is -1.06. The monoisotopic (exact) mass is 195 g/mol. The highest BCUT2D eigenvalue weighted by atomic mass is 16.5. The Morgan fingerprint density at radius 2 is 2.14 bits per heavy atom. The molecule has 0 aromatic heterocycles. The van der Waals surface area contributed by atoms with E-state index in [9.17, 15) is 0 Å². The summed E-state index contributed by atoms with van der Waals surface area (Å²) in [5.41, 5.74) is 7.34. The van der Waals surface area contributed by atoms with Gasteiger partial charge in [0, 0.05) is 0 Å². The van der Waals surface area contributed by atoms with E-state index in [0.29, 0.717) is 13.2 Å². The van der Waals surface area contributed by atoms with Crippen LogP contribution in [-0.4, -0.2) is 18.3 Å². The van der Waals surface area contributed by atoms with E-state index >= 15 is 0 Å². The smallest absolute Gasteiger partial charge is 0.119 e. The molecule has 0 spiro atoms. The molecular formula is C11H17NO2. The number of hydrogen-bond donors (Lipinski definition) is 2. The molecular weight excluding hydrogens is 178 g/mol. The lowest BCUT2D eigenvalue weighted by molar-refractivity contribution is 0.278. The summed E-state index contributed by atoms with van der Waals surface area (Å²) < 4.78 is 5.48. The lowest BCUT2D eigenvalue weighted by Crippen LogP contribution is -2.06. The van der Waals surface area contributed by atoms with Crippen LogP contribution in [0.5, 0.6) is 5.75 Å². The molecule has 3 nitrogen and oxygen atoms in total. The Balaban J connectivity index is 2.62. The van der Waals surface area contributed by atoms with Gasteiger partial charge in [-0.05, 0) is 43.1 Å². The second-order valence-corrected chi connectivity index (χ2v) is 3.30. The summed E-state index contributed by atoms with van der Waals surface area (Å²) in [5, 5.41) is 8.98. The SMILES string of the molecule is Cc1cc(CO)cc(OCCCN)c1. The molecule has 0 unspecified atom stereocenters. The van der Waals surface area contributed by atoms with Gasteiger partial charge in [0.1, 0.15) is 5.75 Å². The zero-order valence-electron chi connectivity index (χ0n) is 8.49. The average Bonchev–Trinajstić information content (AvgIpc) is 2.17. The van der Waals surface area contributed by atoms with Crippen LogP contribution < -0.4 is 10.5 Å². The van der Waals surface area contributed by atoms with Crippen LogP contribution in [0.4, 0.5) is 0 Å². The molecule has 3 heteroatoms. The molecule has 0 fully saturated rings. The molecule has 78 valence electrons. The topological polar surface area (TPSA) is 55.5 Å².